The summed E-state index contributed by atoms with van der Waals surface area (Å²) in [6.07, 6.45) is 0.766. The summed E-state index contributed by atoms with van der Waals surface area (Å²) in [5, 5.41) is 3.02. The molecule has 1 heterocycles. The summed E-state index contributed by atoms with van der Waals surface area (Å²) in [6.45, 7) is 0. The number of ether oxygens (including phenoxy) is 1. The van der Waals surface area contributed by atoms with Crippen molar-refractivity contribution in [2.24, 2.45) is 0 Å². The van der Waals surface area contributed by atoms with Crippen LogP contribution in [0, 0.1) is 0 Å². The zero-order valence-electron chi connectivity index (χ0n) is 8.74. The third-order valence-corrected chi connectivity index (χ3v) is 3.78. The van der Waals surface area contributed by atoms with E-state index in [0.29, 0.717) is 0 Å². The van der Waals surface area contributed by atoms with Crippen molar-refractivity contribution in [1.82, 2.24) is 0 Å². The first-order chi connectivity index (χ1) is 7.24. The van der Waals surface area contributed by atoms with Crippen molar-refractivity contribution >= 4 is 23.4 Å². The minimum atomic E-state index is -0.137. The van der Waals surface area contributed by atoms with E-state index in [0.717, 1.165) is 12.1 Å². The fraction of sp³-hybridized carbons (Fsp3) is 0.364. The van der Waals surface area contributed by atoms with Gasteiger partial charge in [-0.25, -0.2) is 0 Å². The van der Waals surface area contributed by atoms with Gasteiger partial charge in [-0.3, -0.25) is 4.79 Å². The molecular formula is C11H13NO2S. The number of benzene rings is 1. The van der Waals surface area contributed by atoms with Gasteiger partial charge in [-0.1, -0.05) is 0 Å². The van der Waals surface area contributed by atoms with Crippen molar-refractivity contribution in [3.8, 4) is 0 Å². The van der Waals surface area contributed by atoms with E-state index in [1.807, 2.05) is 13.1 Å². The molecule has 1 aliphatic rings. The zero-order valence-corrected chi connectivity index (χ0v) is 9.56. The highest BCUT2D eigenvalue weighted by atomic mass is 32.2. The lowest BCUT2D eigenvalue weighted by Crippen LogP contribution is -2.17. The van der Waals surface area contributed by atoms with Crippen molar-refractivity contribution in [1.29, 1.82) is 0 Å². The zero-order chi connectivity index (χ0) is 10.8. The SMILES string of the molecule is CNc1ccc2c(c1)CC(C(=O)OC)S2. The molecule has 0 radical (unpaired) electrons. The smallest absolute Gasteiger partial charge is 0.319 e. The molecule has 1 atom stereocenters. The number of esters is 1. The van der Waals surface area contributed by atoms with Gasteiger partial charge in [0.1, 0.15) is 5.25 Å². The number of thioether (sulfide) groups is 1. The Morgan fingerprint density at radius 3 is 3.07 bits per heavy atom. The van der Waals surface area contributed by atoms with Gasteiger partial charge in [0, 0.05) is 17.6 Å². The first-order valence-corrected chi connectivity index (χ1v) is 5.67. The minimum absolute atomic E-state index is 0.0721. The predicted molar refractivity (Wildman–Crippen MR) is 61.4 cm³/mol. The van der Waals surface area contributed by atoms with E-state index in [9.17, 15) is 4.79 Å². The molecule has 0 spiro atoms. The minimum Gasteiger partial charge on any atom is -0.468 e. The second-order valence-corrected chi connectivity index (χ2v) is 4.65. The molecule has 15 heavy (non-hydrogen) atoms. The van der Waals surface area contributed by atoms with Gasteiger partial charge < -0.3 is 10.1 Å². The molecule has 0 aliphatic carbocycles. The molecular weight excluding hydrogens is 210 g/mol. The highest BCUT2D eigenvalue weighted by Crippen LogP contribution is 2.38. The number of methoxy groups -OCH3 is 1. The third kappa shape index (κ3) is 1.95. The highest BCUT2D eigenvalue weighted by molar-refractivity contribution is 8.01. The largest absolute Gasteiger partial charge is 0.468 e. The number of rotatable bonds is 2. The van der Waals surface area contributed by atoms with Gasteiger partial charge in [-0.05, 0) is 30.2 Å². The lowest BCUT2D eigenvalue weighted by molar-refractivity contribution is -0.139. The van der Waals surface area contributed by atoms with E-state index in [2.05, 4.69) is 17.4 Å². The van der Waals surface area contributed by atoms with Crippen LogP contribution in [-0.4, -0.2) is 25.4 Å². The summed E-state index contributed by atoms with van der Waals surface area (Å²) < 4.78 is 4.75. The van der Waals surface area contributed by atoms with Crippen LogP contribution in [-0.2, 0) is 16.0 Å². The number of hydrogen-bond donors (Lipinski definition) is 1. The third-order valence-electron chi connectivity index (χ3n) is 2.49. The van der Waals surface area contributed by atoms with Gasteiger partial charge in [0.2, 0.25) is 0 Å². The Labute approximate surface area is 93.2 Å². The normalized spacial score (nSPS) is 18.4. The van der Waals surface area contributed by atoms with Gasteiger partial charge in [0.25, 0.3) is 0 Å². The van der Waals surface area contributed by atoms with Crippen LogP contribution in [0.4, 0.5) is 5.69 Å². The van der Waals surface area contributed by atoms with E-state index in [-0.39, 0.29) is 11.2 Å². The quantitative estimate of drug-likeness (QED) is 0.777. The van der Waals surface area contributed by atoms with E-state index < -0.39 is 0 Å². The molecule has 1 aromatic carbocycles. The Kier molecular flexibility index (Phi) is 2.86. The van der Waals surface area contributed by atoms with E-state index in [4.69, 9.17) is 4.74 Å². The van der Waals surface area contributed by atoms with Crippen LogP contribution in [0.5, 0.6) is 0 Å². The molecule has 0 saturated heterocycles. The average Bonchev–Trinajstić information content (AvgIpc) is 2.70. The predicted octanol–water partition coefficient (Wildman–Crippen LogP) is 1.92. The maximum Gasteiger partial charge on any atom is 0.319 e. The number of carbonyl (C=O) groups excluding carboxylic acids is 1. The van der Waals surface area contributed by atoms with Crippen molar-refractivity contribution in [3.63, 3.8) is 0 Å². The number of anilines is 1. The van der Waals surface area contributed by atoms with Crippen molar-refractivity contribution in [2.75, 3.05) is 19.5 Å². The summed E-state index contributed by atoms with van der Waals surface area (Å²) in [6, 6.07) is 6.16. The molecule has 1 N–H and O–H groups in total. The first-order valence-electron chi connectivity index (χ1n) is 4.79. The fourth-order valence-corrected chi connectivity index (χ4v) is 2.87. The Balaban J connectivity index is 2.20. The fourth-order valence-electron chi connectivity index (χ4n) is 1.67. The lowest BCUT2D eigenvalue weighted by atomic mass is 10.1. The van der Waals surface area contributed by atoms with Gasteiger partial charge in [0.05, 0.1) is 7.11 Å². The molecule has 2 rings (SSSR count). The molecule has 1 aliphatic heterocycles. The molecule has 0 bridgehead atoms. The molecule has 80 valence electrons. The summed E-state index contributed by atoms with van der Waals surface area (Å²) in [7, 11) is 3.33. The molecule has 0 amide bonds. The number of nitrogens with one attached hydrogen (secondary N) is 1. The average molecular weight is 223 g/mol. The molecule has 4 heteroatoms. The first kappa shape index (κ1) is 10.4. The number of carbonyl (C=O) groups is 1. The topological polar surface area (TPSA) is 38.3 Å². The van der Waals surface area contributed by atoms with Gasteiger partial charge in [-0.2, -0.15) is 0 Å². The Hall–Kier alpha value is -1.16. The molecule has 0 saturated carbocycles. The second-order valence-electron chi connectivity index (χ2n) is 3.41. The van der Waals surface area contributed by atoms with Crippen LogP contribution in [0.2, 0.25) is 0 Å². The molecule has 1 aromatic rings. The molecule has 3 nitrogen and oxygen atoms in total. The Morgan fingerprint density at radius 1 is 1.60 bits per heavy atom. The lowest BCUT2D eigenvalue weighted by Gasteiger charge is -2.03. The maximum atomic E-state index is 11.4. The van der Waals surface area contributed by atoms with Crippen LogP contribution < -0.4 is 5.32 Å². The summed E-state index contributed by atoms with van der Waals surface area (Å²) in [4.78, 5) is 12.6. The van der Waals surface area contributed by atoms with Gasteiger partial charge in [-0.15, -0.1) is 11.8 Å². The van der Waals surface area contributed by atoms with Crippen LogP contribution in [0.15, 0.2) is 23.1 Å². The molecule has 0 fully saturated rings. The number of fused-ring (bicyclic) bond motifs is 1. The Morgan fingerprint density at radius 2 is 2.40 bits per heavy atom. The standard InChI is InChI=1S/C11H13NO2S/c1-12-8-3-4-9-7(5-8)6-10(15-9)11(13)14-2/h3-5,10,12H,6H2,1-2H3. The van der Waals surface area contributed by atoms with Crippen LogP contribution in [0.3, 0.4) is 0 Å². The van der Waals surface area contributed by atoms with Crippen molar-refractivity contribution < 1.29 is 9.53 Å². The van der Waals surface area contributed by atoms with Crippen LogP contribution in [0.25, 0.3) is 0 Å². The van der Waals surface area contributed by atoms with Gasteiger partial charge in [0.15, 0.2) is 0 Å². The number of hydrogen-bond acceptors (Lipinski definition) is 4. The Bertz CT molecular complexity index is 392. The highest BCUT2D eigenvalue weighted by Gasteiger charge is 2.28. The van der Waals surface area contributed by atoms with Crippen molar-refractivity contribution in [2.45, 2.75) is 16.6 Å². The van der Waals surface area contributed by atoms with E-state index in [1.165, 1.54) is 17.6 Å². The van der Waals surface area contributed by atoms with Crippen LogP contribution in [0.1, 0.15) is 5.56 Å². The van der Waals surface area contributed by atoms with Crippen LogP contribution >= 0.6 is 11.8 Å². The van der Waals surface area contributed by atoms with Crippen molar-refractivity contribution in [3.05, 3.63) is 23.8 Å². The second kappa shape index (κ2) is 4.14. The summed E-state index contributed by atoms with van der Waals surface area (Å²) in [5.74, 6) is -0.137. The molecule has 1 unspecified atom stereocenters. The van der Waals surface area contributed by atoms with E-state index in [1.54, 1.807) is 11.8 Å². The summed E-state index contributed by atoms with van der Waals surface area (Å²) in [5.41, 5.74) is 2.31. The summed E-state index contributed by atoms with van der Waals surface area (Å²) >= 11 is 1.59. The van der Waals surface area contributed by atoms with Gasteiger partial charge >= 0.3 is 5.97 Å². The molecule has 0 aromatic heterocycles. The van der Waals surface area contributed by atoms with E-state index >= 15 is 0 Å². The monoisotopic (exact) mass is 223 g/mol. The maximum absolute atomic E-state index is 11.4.